The molecule has 0 amide bonds. The molecule has 2 N–H and O–H groups in total. The summed E-state index contributed by atoms with van der Waals surface area (Å²) in [5.74, 6) is 0. The Hall–Kier alpha value is -0.0500. The van der Waals surface area contributed by atoms with Gasteiger partial charge < -0.3 is 5.73 Å². The highest BCUT2D eigenvalue weighted by Crippen LogP contribution is 2.51. The minimum Gasteiger partial charge on any atom is -0.330 e. The largest absolute Gasteiger partial charge is 0.330 e. The molecule has 1 saturated carbocycles. The van der Waals surface area contributed by atoms with Crippen molar-refractivity contribution in [3.8, 4) is 0 Å². The van der Waals surface area contributed by atoms with Crippen molar-refractivity contribution in [1.29, 1.82) is 0 Å². The van der Waals surface area contributed by atoms with Crippen LogP contribution in [0.15, 0.2) is 10.5 Å². The van der Waals surface area contributed by atoms with Gasteiger partial charge in [0, 0.05) is 21.5 Å². The number of nitrogens with two attached hydrogens (primary N) is 1. The Morgan fingerprint density at radius 1 is 1.40 bits per heavy atom. The summed E-state index contributed by atoms with van der Waals surface area (Å²) in [6, 6.07) is 1.97. The van der Waals surface area contributed by atoms with Crippen LogP contribution >= 0.6 is 27.5 Å². The quantitative estimate of drug-likeness (QED) is 0.882. The maximum Gasteiger partial charge on any atom is 0.0449 e. The van der Waals surface area contributed by atoms with E-state index in [2.05, 4.69) is 29.8 Å². The van der Waals surface area contributed by atoms with E-state index < -0.39 is 0 Å². The van der Waals surface area contributed by atoms with Crippen LogP contribution in [0.5, 0.6) is 0 Å². The number of hydrogen-bond acceptors (Lipinski definition) is 1. The average Bonchev–Trinajstić information content (AvgIpc) is 2.96. The second kappa shape index (κ2) is 3.76. The lowest BCUT2D eigenvalue weighted by Gasteiger charge is -2.21. The maximum absolute atomic E-state index is 6.21. The molecule has 2 rings (SSSR count). The number of rotatable bonds is 2. The Morgan fingerprint density at radius 2 is 2.00 bits per heavy atom. The smallest absolute Gasteiger partial charge is 0.0449 e. The Kier molecular flexibility index (Phi) is 2.87. The number of hydrogen-bond donors (Lipinski definition) is 1. The van der Waals surface area contributed by atoms with Crippen LogP contribution in [-0.2, 0) is 5.41 Å². The van der Waals surface area contributed by atoms with Crippen LogP contribution in [0.4, 0.5) is 0 Å². The van der Waals surface area contributed by atoms with Crippen LogP contribution in [0.25, 0.3) is 0 Å². The normalized spacial score (nSPS) is 17.9. The first kappa shape index (κ1) is 11.4. The third-order valence-corrected chi connectivity index (χ3v) is 4.71. The predicted octanol–water partition coefficient (Wildman–Crippen LogP) is 3.71. The first-order chi connectivity index (χ1) is 7.02. The number of halogens is 2. The van der Waals surface area contributed by atoms with Gasteiger partial charge in [-0.2, -0.15) is 0 Å². The first-order valence-electron chi connectivity index (χ1n) is 5.17. The molecule has 0 heterocycles. The summed E-state index contributed by atoms with van der Waals surface area (Å²) in [6.07, 6.45) is 2.38. The van der Waals surface area contributed by atoms with Gasteiger partial charge in [0.25, 0.3) is 0 Å². The Labute approximate surface area is 104 Å². The zero-order valence-electron chi connectivity index (χ0n) is 9.03. The monoisotopic (exact) mass is 287 g/mol. The third kappa shape index (κ3) is 1.73. The molecule has 0 aromatic heterocycles. The van der Waals surface area contributed by atoms with E-state index in [0.717, 1.165) is 16.0 Å². The lowest BCUT2D eigenvalue weighted by atomic mass is 9.88. The van der Waals surface area contributed by atoms with Crippen molar-refractivity contribution in [2.45, 2.75) is 32.1 Å². The molecule has 3 heteroatoms. The molecule has 0 radical (unpaired) electrons. The van der Waals surface area contributed by atoms with Crippen molar-refractivity contribution in [1.82, 2.24) is 0 Å². The van der Waals surface area contributed by atoms with Gasteiger partial charge in [0.2, 0.25) is 0 Å². The van der Waals surface area contributed by atoms with Gasteiger partial charge in [-0.05, 0) is 49.4 Å². The summed E-state index contributed by atoms with van der Waals surface area (Å²) in [5, 5.41) is 0.835. The molecular formula is C12H15BrClN. The van der Waals surface area contributed by atoms with E-state index in [1.807, 2.05) is 6.07 Å². The summed E-state index contributed by atoms with van der Waals surface area (Å²) < 4.78 is 1.09. The molecule has 0 saturated heterocycles. The minimum absolute atomic E-state index is 0.210. The molecule has 15 heavy (non-hydrogen) atoms. The molecule has 1 aromatic carbocycles. The summed E-state index contributed by atoms with van der Waals surface area (Å²) in [5.41, 5.74) is 9.94. The minimum atomic E-state index is 0.210. The molecule has 1 nitrogen and oxygen atoms in total. The van der Waals surface area contributed by atoms with E-state index in [1.165, 1.54) is 29.5 Å². The lowest BCUT2D eigenvalue weighted by Crippen LogP contribution is -2.22. The van der Waals surface area contributed by atoms with Crippen molar-refractivity contribution in [2.24, 2.45) is 5.73 Å². The second-order valence-corrected chi connectivity index (χ2v) is 5.71. The molecular weight excluding hydrogens is 273 g/mol. The van der Waals surface area contributed by atoms with Gasteiger partial charge in [0.05, 0.1) is 0 Å². The average molecular weight is 289 g/mol. The zero-order valence-corrected chi connectivity index (χ0v) is 11.4. The van der Waals surface area contributed by atoms with Crippen LogP contribution in [0.1, 0.15) is 29.5 Å². The van der Waals surface area contributed by atoms with Crippen molar-refractivity contribution in [3.63, 3.8) is 0 Å². The first-order valence-corrected chi connectivity index (χ1v) is 6.35. The Balaban J connectivity index is 2.64. The van der Waals surface area contributed by atoms with Crippen LogP contribution in [-0.4, -0.2) is 6.54 Å². The zero-order chi connectivity index (χ0) is 11.2. The van der Waals surface area contributed by atoms with Gasteiger partial charge >= 0.3 is 0 Å². The van der Waals surface area contributed by atoms with Crippen molar-refractivity contribution >= 4 is 27.5 Å². The Morgan fingerprint density at radius 3 is 2.47 bits per heavy atom. The molecule has 0 atom stereocenters. The second-order valence-electron chi connectivity index (χ2n) is 4.45. The topological polar surface area (TPSA) is 26.0 Å². The molecule has 1 aliphatic carbocycles. The summed E-state index contributed by atoms with van der Waals surface area (Å²) in [4.78, 5) is 0. The van der Waals surface area contributed by atoms with Crippen molar-refractivity contribution < 1.29 is 0 Å². The van der Waals surface area contributed by atoms with Gasteiger partial charge in [0.15, 0.2) is 0 Å². The highest BCUT2D eigenvalue weighted by Gasteiger charge is 2.45. The fourth-order valence-electron chi connectivity index (χ4n) is 2.35. The SMILES string of the molecule is Cc1c(Cl)cc(Br)c(C)c1C1(CN)CC1. The van der Waals surface area contributed by atoms with E-state index in [4.69, 9.17) is 17.3 Å². The van der Waals surface area contributed by atoms with Gasteiger partial charge in [-0.15, -0.1) is 0 Å². The third-order valence-electron chi connectivity index (χ3n) is 3.49. The molecule has 1 aromatic rings. The van der Waals surface area contributed by atoms with E-state index in [-0.39, 0.29) is 5.41 Å². The summed E-state index contributed by atoms with van der Waals surface area (Å²) in [7, 11) is 0. The molecule has 0 spiro atoms. The molecule has 0 unspecified atom stereocenters. The van der Waals surface area contributed by atoms with E-state index in [0.29, 0.717) is 0 Å². The Bertz CT molecular complexity index is 384. The predicted molar refractivity (Wildman–Crippen MR) is 68.6 cm³/mol. The molecule has 1 aliphatic rings. The van der Waals surface area contributed by atoms with Gasteiger partial charge in [-0.3, -0.25) is 0 Å². The molecule has 1 fully saturated rings. The lowest BCUT2D eigenvalue weighted by molar-refractivity contribution is 0.693. The summed E-state index contributed by atoms with van der Waals surface area (Å²) >= 11 is 9.77. The van der Waals surface area contributed by atoms with Crippen LogP contribution in [0.2, 0.25) is 5.02 Å². The standard InChI is InChI=1S/C12H15BrClN/c1-7-9(13)5-10(14)8(2)11(7)12(6-15)3-4-12/h5H,3-4,6,15H2,1-2H3. The van der Waals surface area contributed by atoms with Gasteiger partial charge in [-0.1, -0.05) is 27.5 Å². The van der Waals surface area contributed by atoms with E-state index in [1.54, 1.807) is 0 Å². The highest BCUT2D eigenvalue weighted by molar-refractivity contribution is 9.10. The van der Waals surface area contributed by atoms with Crippen LogP contribution < -0.4 is 5.73 Å². The summed E-state index contributed by atoms with van der Waals surface area (Å²) in [6.45, 7) is 4.95. The van der Waals surface area contributed by atoms with Gasteiger partial charge in [0.1, 0.15) is 0 Å². The van der Waals surface area contributed by atoms with E-state index in [9.17, 15) is 0 Å². The fraction of sp³-hybridized carbons (Fsp3) is 0.500. The highest BCUT2D eigenvalue weighted by atomic mass is 79.9. The number of benzene rings is 1. The van der Waals surface area contributed by atoms with Crippen LogP contribution in [0.3, 0.4) is 0 Å². The van der Waals surface area contributed by atoms with Crippen molar-refractivity contribution in [3.05, 3.63) is 32.3 Å². The van der Waals surface area contributed by atoms with Crippen LogP contribution in [0, 0.1) is 13.8 Å². The molecule has 0 aliphatic heterocycles. The fourth-order valence-corrected chi connectivity index (χ4v) is 3.11. The molecule has 82 valence electrons. The maximum atomic E-state index is 6.21. The van der Waals surface area contributed by atoms with E-state index >= 15 is 0 Å². The molecule has 0 bridgehead atoms. The van der Waals surface area contributed by atoms with Crippen molar-refractivity contribution in [2.75, 3.05) is 6.54 Å². The van der Waals surface area contributed by atoms with Gasteiger partial charge in [-0.25, -0.2) is 0 Å².